The van der Waals surface area contributed by atoms with Crippen molar-refractivity contribution in [2.24, 2.45) is 0 Å². The molecule has 0 aliphatic carbocycles. The first-order valence-electron chi connectivity index (χ1n) is 11.4. The highest BCUT2D eigenvalue weighted by molar-refractivity contribution is 6.33. The van der Waals surface area contributed by atoms with Gasteiger partial charge in [0.15, 0.2) is 0 Å². The van der Waals surface area contributed by atoms with Gasteiger partial charge in [-0.15, -0.1) is 0 Å². The second kappa shape index (κ2) is 9.31. The maximum Gasteiger partial charge on any atom is 0.260 e. The fourth-order valence-electron chi connectivity index (χ4n) is 4.02. The Kier molecular flexibility index (Phi) is 6.05. The molecule has 0 bridgehead atoms. The SMILES string of the molecule is CCn1c(=O)c(-c2ccc(-c3ccc(C)nc3)cc2Cl)cc2cnc(Nc3ccc(C)cc3)nc21. The van der Waals surface area contributed by atoms with Crippen molar-refractivity contribution >= 4 is 34.3 Å². The third-order valence-electron chi connectivity index (χ3n) is 5.95. The van der Waals surface area contributed by atoms with Crippen molar-refractivity contribution in [2.75, 3.05) is 5.32 Å². The first kappa shape index (κ1) is 22.7. The Hall–Kier alpha value is -4.03. The van der Waals surface area contributed by atoms with E-state index in [-0.39, 0.29) is 5.56 Å². The van der Waals surface area contributed by atoms with Crippen LogP contribution in [0.5, 0.6) is 0 Å². The number of aryl methyl sites for hydroxylation is 3. The molecule has 0 fully saturated rings. The van der Waals surface area contributed by atoms with Gasteiger partial charge in [0, 0.05) is 57.4 Å². The molecule has 5 aromatic rings. The summed E-state index contributed by atoms with van der Waals surface area (Å²) in [5, 5.41) is 4.47. The number of hydrogen-bond acceptors (Lipinski definition) is 5. The predicted octanol–water partition coefficient (Wildman–Crippen LogP) is 6.55. The minimum atomic E-state index is -0.147. The van der Waals surface area contributed by atoms with Crippen LogP contribution in [0.4, 0.5) is 11.6 Å². The minimum absolute atomic E-state index is 0.147. The summed E-state index contributed by atoms with van der Waals surface area (Å²) in [5.74, 6) is 0.435. The van der Waals surface area contributed by atoms with Gasteiger partial charge in [-0.2, -0.15) is 4.98 Å². The molecule has 0 radical (unpaired) electrons. The largest absolute Gasteiger partial charge is 0.324 e. The highest BCUT2D eigenvalue weighted by Crippen LogP contribution is 2.32. The summed E-state index contributed by atoms with van der Waals surface area (Å²) in [7, 11) is 0. The standard InChI is InChI=1S/C28H24ClN5O/c1-4-34-26-21(16-31-28(33-26)32-22-10-5-17(2)6-11-22)13-24(27(34)35)23-12-9-19(14-25(23)29)20-8-7-18(3)30-15-20/h5-16H,4H2,1-3H3,(H,31,32,33). The van der Waals surface area contributed by atoms with Crippen molar-refractivity contribution in [1.29, 1.82) is 0 Å². The van der Waals surface area contributed by atoms with Crippen LogP contribution < -0.4 is 10.9 Å². The van der Waals surface area contributed by atoms with Gasteiger partial charge in [-0.05, 0) is 56.7 Å². The fraction of sp³-hybridized carbons (Fsp3) is 0.143. The lowest BCUT2D eigenvalue weighted by Gasteiger charge is -2.13. The van der Waals surface area contributed by atoms with E-state index < -0.39 is 0 Å². The number of nitrogens with one attached hydrogen (secondary N) is 1. The van der Waals surface area contributed by atoms with Gasteiger partial charge in [-0.25, -0.2) is 4.98 Å². The monoisotopic (exact) mass is 481 g/mol. The Morgan fingerprint density at radius 2 is 1.66 bits per heavy atom. The summed E-state index contributed by atoms with van der Waals surface area (Å²) in [6.45, 7) is 6.38. The van der Waals surface area contributed by atoms with E-state index in [0.29, 0.717) is 34.3 Å². The second-order valence-electron chi connectivity index (χ2n) is 8.45. The van der Waals surface area contributed by atoms with Gasteiger partial charge >= 0.3 is 0 Å². The van der Waals surface area contributed by atoms with Crippen molar-refractivity contribution in [3.05, 3.63) is 99.7 Å². The topological polar surface area (TPSA) is 72.7 Å². The molecule has 0 aliphatic heterocycles. The molecule has 35 heavy (non-hydrogen) atoms. The van der Waals surface area contributed by atoms with E-state index in [4.69, 9.17) is 11.6 Å². The number of anilines is 2. The molecule has 3 aromatic heterocycles. The molecule has 0 spiro atoms. The molecule has 0 amide bonds. The van der Waals surface area contributed by atoms with E-state index in [0.717, 1.165) is 27.9 Å². The van der Waals surface area contributed by atoms with Gasteiger partial charge in [-0.1, -0.05) is 47.5 Å². The van der Waals surface area contributed by atoms with E-state index in [9.17, 15) is 4.79 Å². The molecule has 3 heterocycles. The zero-order chi connectivity index (χ0) is 24.5. The molecular weight excluding hydrogens is 458 g/mol. The molecule has 1 N–H and O–H groups in total. The van der Waals surface area contributed by atoms with Crippen LogP contribution in [0.3, 0.4) is 0 Å². The van der Waals surface area contributed by atoms with Gasteiger partial charge in [0.1, 0.15) is 5.65 Å². The summed E-state index contributed by atoms with van der Waals surface area (Å²) < 4.78 is 1.65. The lowest BCUT2D eigenvalue weighted by molar-refractivity contribution is 0.751. The first-order valence-corrected chi connectivity index (χ1v) is 11.8. The van der Waals surface area contributed by atoms with Gasteiger partial charge in [0.05, 0.1) is 0 Å². The highest BCUT2D eigenvalue weighted by atomic mass is 35.5. The Bertz CT molecular complexity index is 1590. The van der Waals surface area contributed by atoms with Crippen molar-refractivity contribution in [1.82, 2.24) is 19.5 Å². The van der Waals surface area contributed by atoms with E-state index in [1.165, 1.54) is 5.56 Å². The van der Waals surface area contributed by atoms with Crippen LogP contribution in [0, 0.1) is 13.8 Å². The summed E-state index contributed by atoms with van der Waals surface area (Å²) in [6.07, 6.45) is 3.55. The minimum Gasteiger partial charge on any atom is -0.324 e. The Morgan fingerprint density at radius 3 is 2.34 bits per heavy atom. The van der Waals surface area contributed by atoms with Gasteiger partial charge in [-0.3, -0.25) is 14.3 Å². The van der Waals surface area contributed by atoms with Gasteiger partial charge in [0.25, 0.3) is 5.56 Å². The predicted molar refractivity (Wildman–Crippen MR) is 142 cm³/mol. The average molecular weight is 482 g/mol. The van der Waals surface area contributed by atoms with Crippen LogP contribution in [0.25, 0.3) is 33.3 Å². The second-order valence-corrected chi connectivity index (χ2v) is 8.86. The number of aromatic nitrogens is 4. The fourth-order valence-corrected chi connectivity index (χ4v) is 4.31. The molecule has 0 saturated carbocycles. The molecule has 2 aromatic carbocycles. The van der Waals surface area contributed by atoms with Gasteiger partial charge in [0.2, 0.25) is 5.95 Å². The average Bonchev–Trinajstić information content (AvgIpc) is 2.86. The smallest absolute Gasteiger partial charge is 0.260 e. The Balaban J connectivity index is 1.56. The summed E-state index contributed by atoms with van der Waals surface area (Å²) in [5.41, 5.74) is 6.53. The molecule has 6 nitrogen and oxygen atoms in total. The molecule has 0 saturated heterocycles. The van der Waals surface area contributed by atoms with Crippen LogP contribution in [-0.4, -0.2) is 19.5 Å². The number of fused-ring (bicyclic) bond motifs is 1. The number of nitrogens with zero attached hydrogens (tertiary/aromatic N) is 4. The third kappa shape index (κ3) is 4.53. The quantitative estimate of drug-likeness (QED) is 0.308. The Labute approximate surface area is 208 Å². The van der Waals surface area contributed by atoms with Crippen LogP contribution in [0.15, 0.2) is 77.9 Å². The molecule has 0 atom stereocenters. The van der Waals surface area contributed by atoms with Crippen LogP contribution in [0.2, 0.25) is 5.02 Å². The summed E-state index contributed by atoms with van der Waals surface area (Å²) in [4.78, 5) is 27.0. The lowest BCUT2D eigenvalue weighted by Crippen LogP contribution is -2.22. The molecule has 7 heteroatoms. The number of benzene rings is 2. The van der Waals surface area contributed by atoms with E-state index in [2.05, 4.69) is 20.3 Å². The zero-order valence-corrected chi connectivity index (χ0v) is 20.5. The molecule has 174 valence electrons. The zero-order valence-electron chi connectivity index (χ0n) is 19.7. The van der Waals surface area contributed by atoms with Crippen molar-refractivity contribution < 1.29 is 0 Å². The molecule has 5 rings (SSSR count). The summed E-state index contributed by atoms with van der Waals surface area (Å²) >= 11 is 6.68. The number of halogens is 1. The molecule has 0 aliphatic rings. The summed E-state index contributed by atoms with van der Waals surface area (Å²) in [6, 6.07) is 19.5. The van der Waals surface area contributed by atoms with E-state index in [1.807, 2.05) is 87.6 Å². The number of hydrogen-bond donors (Lipinski definition) is 1. The third-order valence-corrected chi connectivity index (χ3v) is 6.27. The van der Waals surface area contributed by atoms with Crippen LogP contribution in [-0.2, 0) is 6.54 Å². The lowest BCUT2D eigenvalue weighted by atomic mass is 10.0. The molecule has 0 unspecified atom stereocenters. The van der Waals surface area contributed by atoms with Crippen molar-refractivity contribution in [2.45, 2.75) is 27.3 Å². The number of rotatable bonds is 5. The van der Waals surface area contributed by atoms with Crippen molar-refractivity contribution in [3.8, 4) is 22.3 Å². The number of pyridine rings is 2. The highest BCUT2D eigenvalue weighted by Gasteiger charge is 2.15. The first-order chi connectivity index (χ1) is 16.9. The van der Waals surface area contributed by atoms with E-state index in [1.54, 1.807) is 10.8 Å². The van der Waals surface area contributed by atoms with Crippen molar-refractivity contribution in [3.63, 3.8) is 0 Å². The van der Waals surface area contributed by atoms with E-state index >= 15 is 0 Å². The normalized spacial score (nSPS) is 11.1. The van der Waals surface area contributed by atoms with Gasteiger partial charge < -0.3 is 5.32 Å². The maximum absolute atomic E-state index is 13.5. The molecular formula is C28H24ClN5O. The van der Waals surface area contributed by atoms with Crippen LogP contribution in [0.1, 0.15) is 18.2 Å². The van der Waals surface area contributed by atoms with Crippen LogP contribution >= 0.6 is 11.6 Å². The maximum atomic E-state index is 13.5. The Morgan fingerprint density at radius 1 is 0.886 bits per heavy atom.